The molecule has 1 atom stereocenters. The van der Waals surface area contributed by atoms with Crippen LogP contribution in [0.25, 0.3) is 0 Å². The molecule has 0 bridgehead atoms. The van der Waals surface area contributed by atoms with E-state index in [-0.39, 0.29) is 16.9 Å². The van der Waals surface area contributed by atoms with Gasteiger partial charge in [0.05, 0.1) is 0 Å². The SMILES string of the molecule is NCC(Sc1cccc(F)c1)c1cccc(F)c1. The average Bonchev–Trinajstić information content (AvgIpc) is 2.36. The van der Waals surface area contributed by atoms with Crippen molar-refractivity contribution in [1.29, 1.82) is 0 Å². The van der Waals surface area contributed by atoms with Gasteiger partial charge in [-0.15, -0.1) is 11.8 Å². The fourth-order valence-electron chi connectivity index (χ4n) is 1.66. The molecular weight excluding hydrogens is 252 g/mol. The van der Waals surface area contributed by atoms with Gasteiger partial charge in [0.25, 0.3) is 0 Å². The summed E-state index contributed by atoms with van der Waals surface area (Å²) in [7, 11) is 0. The molecule has 0 amide bonds. The standard InChI is InChI=1S/C14H13F2NS/c15-11-4-1-3-10(7-11)14(9-17)18-13-6-2-5-12(16)8-13/h1-8,14H,9,17H2. The number of nitrogens with two attached hydrogens (primary N) is 1. The van der Waals surface area contributed by atoms with Gasteiger partial charge in [0.1, 0.15) is 11.6 Å². The van der Waals surface area contributed by atoms with Crippen molar-refractivity contribution in [1.82, 2.24) is 0 Å². The number of hydrogen-bond acceptors (Lipinski definition) is 2. The van der Waals surface area contributed by atoms with Crippen LogP contribution in [0.1, 0.15) is 10.8 Å². The predicted molar refractivity (Wildman–Crippen MR) is 70.5 cm³/mol. The van der Waals surface area contributed by atoms with Crippen molar-refractivity contribution >= 4 is 11.8 Å². The summed E-state index contributed by atoms with van der Waals surface area (Å²) >= 11 is 1.43. The molecule has 0 fully saturated rings. The Morgan fingerprint density at radius 1 is 1.00 bits per heavy atom. The maximum atomic E-state index is 13.2. The van der Waals surface area contributed by atoms with Gasteiger partial charge in [-0.25, -0.2) is 8.78 Å². The molecule has 2 aromatic carbocycles. The molecule has 0 radical (unpaired) electrons. The topological polar surface area (TPSA) is 26.0 Å². The zero-order valence-corrected chi connectivity index (χ0v) is 10.5. The van der Waals surface area contributed by atoms with E-state index in [1.807, 2.05) is 12.1 Å². The minimum Gasteiger partial charge on any atom is -0.329 e. The molecule has 0 saturated carbocycles. The van der Waals surface area contributed by atoms with Gasteiger partial charge in [0.15, 0.2) is 0 Å². The smallest absolute Gasteiger partial charge is 0.124 e. The van der Waals surface area contributed by atoms with Crippen LogP contribution in [0.15, 0.2) is 53.4 Å². The molecule has 0 spiro atoms. The normalized spacial score (nSPS) is 12.4. The van der Waals surface area contributed by atoms with Gasteiger partial charge >= 0.3 is 0 Å². The van der Waals surface area contributed by atoms with Crippen molar-refractivity contribution in [2.24, 2.45) is 5.73 Å². The van der Waals surface area contributed by atoms with Crippen LogP contribution >= 0.6 is 11.8 Å². The highest BCUT2D eigenvalue weighted by Gasteiger charge is 2.12. The first-order chi connectivity index (χ1) is 8.69. The summed E-state index contributed by atoms with van der Waals surface area (Å²) in [6.07, 6.45) is 0. The minimum absolute atomic E-state index is 0.0810. The zero-order valence-electron chi connectivity index (χ0n) is 9.64. The van der Waals surface area contributed by atoms with Crippen LogP contribution < -0.4 is 5.73 Å². The summed E-state index contributed by atoms with van der Waals surface area (Å²) in [4.78, 5) is 0.787. The second-order valence-electron chi connectivity index (χ2n) is 3.85. The monoisotopic (exact) mass is 265 g/mol. The van der Waals surface area contributed by atoms with Crippen LogP contribution in [0, 0.1) is 11.6 Å². The van der Waals surface area contributed by atoms with Crippen LogP contribution in [-0.4, -0.2) is 6.54 Å². The second kappa shape index (κ2) is 5.98. The molecule has 1 nitrogen and oxygen atoms in total. The summed E-state index contributed by atoms with van der Waals surface area (Å²) < 4.78 is 26.2. The highest BCUT2D eigenvalue weighted by molar-refractivity contribution is 7.99. The highest BCUT2D eigenvalue weighted by atomic mass is 32.2. The van der Waals surface area contributed by atoms with Crippen molar-refractivity contribution in [3.05, 3.63) is 65.7 Å². The van der Waals surface area contributed by atoms with Crippen molar-refractivity contribution in [2.75, 3.05) is 6.54 Å². The largest absolute Gasteiger partial charge is 0.329 e. The molecule has 0 saturated heterocycles. The lowest BCUT2D eigenvalue weighted by atomic mass is 10.1. The molecule has 0 aliphatic carbocycles. The van der Waals surface area contributed by atoms with E-state index in [0.717, 1.165) is 10.5 Å². The minimum atomic E-state index is -0.286. The van der Waals surface area contributed by atoms with Crippen LogP contribution in [0.3, 0.4) is 0 Å². The van der Waals surface area contributed by atoms with Crippen molar-refractivity contribution < 1.29 is 8.78 Å². The van der Waals surface area contributed by atoms with E-state index in [1.54, 1.807) is 12.1 Å². The van der Waals surface area contributed by atoms with Crippen molar-refractivity contribution in [2.45, 2.75) is 10.1 Å². The molecule has 18 heavy (non-hydrogen) atoms. The summed E-state index contributed by atoms with van der Waals surface area (Å²) in [5.41, 5.74) is 6.52. The van der Waals surface area contributed by atoms with Crippen LogP contribution in [0.4, 0.5) is 8.78 Å². The lowest BCUT2D eigenvalue weighted by molar-refractivity contribution is 0.623. The first-order valence-corrected chi connectivity index (χ1v) is 6.45. The Labute approximate surface area is 109 Å². The van der Waals surface area contributed by atoms with Gasteiger partial charge in [-0.3, -0.25) is 0 Å². The molecule has 0 aliphatic heterocycles. The molecule has 1 unspecified atom stereocenters. The molecule has 0 heterocycles. The molecular formula is C14H13F2NS. The number of rotatable bonds is 4. The van der Waals surface area contributed by atoms with Gasteiger partial charge in [-0.2, -0.15) is 0 Å². The number of thioether (sulfide) groups is 1. The molecule has 0 aliphatic rings. The van der Waals surface area contributed by atoms with Crippen LogP contribution in [0.5, 0.6) is 0 Å². The van der Waals surface area contributed by atoms with Gasteiger partial charge in [0, 0.05) is 16.7 Å². The Hall–Kier alpha value is -1.39. The van der Waals surface area contributed by atoms with E-state index < -0.39 is 0 Å². The number of benzene rings is 2. The Kier molecular flexibility index (Phi) is 4.33. The van der Waals surface area contributed by atoms with E-state index >= 15 is 0 Å². The quantitative estimate of drug-likeness (QED) is 0.852. The van der Waals surface area contributed by atoms with E-state index in [4.69, 9.17) is 5.73 Å². The Morgan fingerprint density at radius 2 is 1.67 bits per heavy atom. The second-order valence-corrected chi connectivity index (χ2v) is 5.13. The molecule has 2 rings (SSSR count). The first kappa shape index (κ1) is 13.1. The van der Waals surface area contributed by atoms with Gasteiger partial charge in [-0.1, -0.05) is 18.2 Å². The molecule has 2 aromatic rings. The number of halogens is 2. The molecule has 2 N–H and O–H groups in total. The van der Waals surface area contributed by atoms with Crippen LogP contribution in [0.2, 0.25) is 0 Å². The lowest BCUT2D eigenvalue weighted by Crippen LogP contribution is -2.09. The summed E-state index contributed by atoms with van der Waals surface area (Å²) in [6, 6.07) is 12.6. The van der Waals surface area contributed by atoms with Crippen molar-refractivity contribution in [3.63, 3.8) is 0 Å². The Balaban J connectivity index is 2.19. The predicted octanol–water partition coefficient (Wildman–Crippen LogP) is 3.76. The molecule has 0 aromatic heterocycles. The van der Waals surface area contributed by atoms with Crippen LogP contribution in [-0.2, 0) is 0 Å². The fourth-order valence-corrected chi connectivity index (χ4v) is 2.71. The third kappa shape index (κ3) is 3.31. The van der Waals surface area contributed by atoms with Gasteiger partial charge in [-0.05, 0) is 35.9 Å². The molecule has 94 valence electrons. The van der Waals surface area contributed by atoms with E-state index in [0.29, 0.717) is 6.54 Å². The summed E-state index contributed by atoms with van der Waals surface area (Å²) in [5, 5.41) is -0.0810. The average molecular weight is 265 g/mol. The maximum Gasteiger partial charge on any atom is 0.124 e. The van der Waals surface area contributed by atoms with Gasteiger partial charge in [0.2, 0.25) is 0 Å². The third-order valence-electron chi connectivity index (χ3n) is 2.51. The van der Waals surface area contributed by atoms with E-state index in [9.17, 15) is 8.78 Å². The Bertz CT molecular complexity index is 531. The van der Waals surface area contributed by atoms with E-state index in [2.05, 4.69) is 0 Å². The first-order valence-electron chi connectivity index (χ1n) is 5.57. The van der Waals surface area contributed by atoms with Gasteiger partial charge < -0.3 is 5.73 Å². The molecule has 4 heteroatoms. The third-order valence-corrected chi connectivity index (χ3v) is 3.78. The van der Waals surface area contributed by atoms with E-state index in [1.165, 1.54) is 36.0 Å². The maximum absolute atomic E-state index is 13.2. The lowest BCUT2D eigenvalue weighted by Gasteiger charge is -2.15. The summed E-state index contributed by atoms with van der Waals surface area (Å²) in [5.74, 6) is -0.569. The summed E-state index contributed by atoms with van der Waals surface area (Å²) in [6.45, 7) is 0.366. The highest BCUT2D eigenvalue weighted by Crippen LogP contribution is 2.34. The zero-order chi connectivity index (χ0) is 13.0. The van der Waals surface area contributed by atoms with Crippen molar-refractivity contribution in [3.8, 4) is 0 Å². The fraction of sp³-hybridized carbons (Fsp3) is 0.143. The number of hydrogen-bond donors (Lipinski definition) is 1. The Morgan fingerprint density at radius 3 is 2.28 bits per heavy atom.